The molecular weight excluding hydrogens is 308 g/mol. The number of hydrogen-bond acceptors (Lipinski definition) is 5. The van der Waals surface area contributed by atoms with Crippen molar-refractivity contribution in [1.82, 2.24) is 14.7 Å². The second kappa shape index (κ2) is 9.25. The van der Waals surface area contributed by atoms with Crippen molar-refractivity contribution in [2.24, 2.45) is 5.73 Å². The average molecular weight is 343 g/mol. The fraction of sp³-hybridized carbons (Fsp3) is 0.941. The van der Waals surface area contributed by atoms with Gasteiger partial charge in [-0.3, -0.25) is 14.6 Å². The second-order valence-electron chi connectivity index (χ2n) is 7.07. The number of nitrogens with zero attached hydrogens (tertiary/aromatic N) is 3. The van der Waals surface area contributed by atoms with E-state index < -0.39 is 0 Å². The third kappa shape index (κ3) is 5.34. The summed E-state index contributed by atoms with van der Waals surface area (Å²) in [6.07, 6.45) is 5.50. The van der Waals surface area contributed by atoms with E-state index in [4.69, 9.17) is 5.73 Å². The summed E-state index contributed by atoms with van der Waals surface area (Å²) in [5.74, 6) is 1.10. The highest BCUT2D eigenvalue weighted by atomic mass is 32.2. The number of amides is 1. The van der Waals surface area contributed by atoms with Crippen LogP contribution in [0.2, 0.25) is 0 Å². The minimum absolute atomic E-state index is 0.139. The zero-order valence-corrected chi connectivity index (χ0v) is 15.9. The largest absolute Gasteiger partial charge is 0.339 e. The fourth-order valence-corrected chi connectivity index (χ4v) is 4.23. The molecule has 2 fully saturated rings. The van der Waals surface area contributed by atoms with Gasteiger partial charge >= 0.3 is 0 Å². The number of likely N-dealkylation sites (tertiary alicyclic amines) is 1. The summed E-state index contributed by atoms with van der Waals surface area (Å²) >= 11 is 1.75. The quantitative estimate of drug-likeness (QED) is 0.750. The third-order valence-corrected chi connectivity index (χ3v) is 6.09. The van der Waals surface area contributed by atoms with E-state index in [1.54, 1.807) is 11.8 Å². The van der Waals surface area contributed by atoms with Crippen LogP contribution in [0.25, 0.3) is 0 Å². The summed E-state index contributed by atoms with van der Waals surface area (Å²) in [6, 6.07) is 1.13. The van der Waals surface area contributed by atoms with Crippen LogP contribution in [0.5, 0.6) is 0 Å². The molecule has 5 nitrogen and oxygen atoms in total. The topological polar surface area (TPSA) is 52.8 Å². The first-order chi connectivity index (χ1) is 11.0. The van der Waals surface area contributed by atoms with Crippen molar-refractivity contribution in [1.29, 1.82) is 0 Å². The molecule has 0 spiro atoms. The first-order valence-electron chi connectivity index (χ1n) is 9.04. The Kier molecular flexibility index (Phi) is 7.66. The Hall–Kier alpha value is -0.300. The molecule has 0 aliphatic carbocycles. The van der Waals surface area contributed by atoms with E-state index in [1.807, 2.05) is 4.90 Å². The van der Waals surface area contributed by atoms with Crippen LogP contribution in [0.15, 0.2) is 0 Å². The van der Waals surface area contributed by atoms with Crippen LogP contribution >= 0.6 is 11.8 Å². The summed E-state index contributed by atoms with van der Waals surface area (Å²) in [7, 11) is 0. The van der Waals surface area contributed by atoms with Gasteiger partial charge in [0, 0.05) is 51.4 Å². The van der Waals surface area contributed by atoms with Gasteiger partial charge in [0.25, 0.3) is 0 Å². The Bertz CT molecular complexity index is 364. The maximum absolute atomic E-state index is 12.3. The standard InChI is InChI=1S/C17H34N4OS/c1-14-4-5-15(2)21(14)12-9-19-7-10-20(11-8-19)17(22)16(18)6-13-23-3/h14-16H,4-13,18H2,1-3H3/t14?,15?,16-/m0/s1. The van der Waals surface area contributed by atoms with Gasteiger partial charge in [0.2, 0.25) is 5.91 Å². The highest BCUT2D eigenvalue weighted by Crippen LogP contribution is 2.22. The predicted molar refractivity (Wildman–Crippen MR) is 98.9 cm³/mol. The lowest BCUT2D eigenvalue weighted by atomic mass is 10.2. The van der Waals surface area contributed by atoms with Crippen molar-refractivity contribution in [2.45, 2.75) is 51.2 Å². The molecule has 1 amide bonds. The molecule has 2 rings (SSSR count). The van der Waals surface area contributed by atoms with Gasteiger partial charge in [-0.2, -0.15) is 11.8 Å². The zero-order valence-electron chi connectivity index (χ0n) is 15.0. The minimum atomic E-state index is -0.319. The summed E-state index contributed by atoms with van der Waals surface area (Å²) in [5.41, 5.74) is 6.02. The lowest BCUT2D eigenvalue weighted by molar-refractivity contribution is -0.134. The predicted octanol–water partition coefficient (Wildman–Crippen LogP) is 1.08. The van der Waals surface area contributed by atoms with E-state index in [2.05, 4.69) is 29.9 Å². The molecule has 6 heteroatoms. The van der Waals surface area contributed by atoms with Gasteiger partial charge in [-0.25, -0.2) is 0 Å². The Morgan fingerprint density at radius 3 is 2.30 bits per heavy atom. The molecule has 0 bridgehead atoms. The van der Waals surface area contributed by atoms with Crippen LogP contribution in [-0.4, -0.2) is 90.0 Å². The van der Waals surface area contributed by atoms with Crippen molar-refractivity contribution >= 4 is 17.7 Å². The molecule has 2 aliphatic rings. The maximum Gasteiger partial charge on any atom is 0.239 e. The summed E-state index contributed by atoms with van der Waals surface area (Å²) < 4.78 is 0. The highest BCUT2D eigenvalue weighted by molar-refractivity contribution is 7.98. The fourth-order valence-electron chi connectivity index (χ4n) is 3.74. The normalized spacial score (nSPS) is 28.3. The molecule has 3 atom stereocenters. The van der Waals surface area contributed by atoms with Crippen LogP contribution in [0.1, 0.15) is 33.1 Å². The first kappa shape index (κ1) is 19.0. The summed E-state index contributed by atoms with van der Waals surface area (Å²) in [4.78, 5) is 19.4. The maximum atomic E-state index is 12.3. The number of rotatable bonds is 7. The van der Waals surface area contributed by atoms with E-state index in [0.717, 1.165) is 63.5 Å². The van der Waals surface area contributed by atoms with Gasteiger partial charge in [-0.15, -0.1) is 0 Å². The Balaban J connectivity index is 1.68. The van der Waals surface area contributed by atoms with Crippen LogP contribution in [0, 0.1) is 0 Å². The van der Waals surface area contributed by atoms with Crippen LogP contribution in [0.3, 0.4) is 0 Å². The van der Waals surface area contributed by atoms with Crippen molar-refractivity contribution in [3.8, 4) is 0 Å². The molecule has 0 aromatic rings. The lowest BCUT2D eigenvalue weighted by Gasteiger charge is -2.37. The van der Waals surface area contributed by atoms with Crippen molar-refractivity contribution < 1.29 is 4.79 Å². The molecule has 2 unspecified atom stereocenters. The molecule has 134 valence electrons. The molecule has 0 radical (unpaired) electrons. The smallest absolute Gasteiger partial charge is 0.239 e. The van der Waals surface area contributed by atoms with Crippen molar-refractivity contribution in [3.05, 3.63) is 0 Å². The van der Waals surface area contributed by atoms with Crippen molar-refractivity contribution in [2.75, 3.05) is 51.3 Å². The molecular formula is C17H34N4OS. The van der Waals surface area contributed by atoms with E-state index in [9.17, 15) is 4.79 Å². The van der Waals surface area contributed by atoms with Gasteiger partial charge in [-0.05, 0) is 45.1 Å². The molecule has 2 aliphatic heterocycles. The number of carbonyl (C=O) groups excluding carboxylic acids is 1. The third-order valence-electron chi connectivity index (χ3n) is 5.44. The highest BCUT2D eigenvalue weighted by Gasteiger charge is 2.28. The summed E-state index contributed by atoms with van der Waals surface area (Å²) in [5, 5.41) is 0. The molecule has 0 aromatic heterocycles. The monoisotopic (exact) mass is 342 g/mol. The van der Waals surface area contributed by atoms with Crippen LogP contribution in [0.4, 0.5) is 0 Å². The Morgan fingerprint density at radius 2 is 1.74 bits per heavy atom. The van der Waals surface area contributed by atoms with Crippen LogP contribution in [-0.2, 0) is 4.79 Å². The van der Waals surface area contributed by atoms with E-state index in [1.165, 1.54) is 12.8 Å². The number of nitrogens with two attached hydrogens (primary N) is 1. The number of piperazine rings is 1. The Labute approximate surface area is 145 Å². The van der Waals surface area contributed by atoms with Gasteiger partial charge in [0.05, 0.1) is 6.04 Å². The van der Waals surface area contributed by atoms with Gasteiger partial charge in [-0.1, -0.05) is 0 Å². The van der Waals surface area contributed by atoms with Gasteiger partial charge < -0.3 is 10.6 Å². The Morgan fingerprint density at radius 1 is 1.13 bits per heavy atom. The molecule has 2 N–H and O–H groups in total. The van der Waals surface area contributed by atoms with E-state index in [-0.39, 0.29) is 11.9 Å². The SMILES string of the molecule is CSCC[C@H](N)C(=O)N1CCN(CCN2C(C)CCC2C)CC1. The molecule has 0 aromatic carbocycles. The molecule has 23 heavy (non-hydrogen) atoms. The summed E-state index contributed by atoms with van der Waals surface area (Å²) in [6.45, 7) is 10.6. The minimum Gasteiger partial charge on any atom is -0.339 e. The lowest BCUT2D eigenvalue weighted by Crippen LogP contribution is -2.54. The number of carbonyl (C=O) groups is 1. The molecule has 2 heterocycles. The van der Waals surface area contributed by atoms with E-state index >= 15 is 0 Å². The van der Waals surface area contributed by atoms with Crippen molar-refractivity contribution in [3.63, 3.8) is 0 Å². The van der Waals surface area contributed by atoms with E-state index in [0.29, 0.717) is 0 Å². The number of thioether (sulfide) groups is 1. The average Bonchev–Trinajstić information content (AvgIpc) is 2.89. The zero-order chi connectivity index (χ0) is 16.8. The second-order valence-corrected chi connectivity index (χ2v) is 8.05. The van der Waals surface area contributed by atoms with Gasteiger partial charge in [0.15, 0.2) is 0 Å². The first-order valence-corrected chi connectivity index (χ1v) is 10.4. The van der Waals surface area contributed by atoms with Gasteiger partial charge in [0.1, 0.15) is 0 Å². The van der Waals surface area contributed by atoms with Crippen LogP contribution < -0.4 is 5.73 Å². The molecule has 0 saturated carbocycles. The molecule has 2 saturated heterocycles. The number of hydrogen-bond donors (Lipinski definition) is 1.